The second-order valence-electron chi connectivity index (χ2n) is 4.28. The van der Waals surface area contributed by atoms with Crippen LogP contribution in [-0.2, 0) is 0 Å². The average molecular weight is 274 g/mol. The highest BCUT2D eigenvalue weighted by Gasteiger charge is 1.99. The molecule has 0 fully saturated rings. The van der Waals surface area contributed by atoms with Gasteiger partial charge in [0.1, 0.15) is 5.75 Å². The molecule has 0 bridgehead atoms. The first-order valence-electron chi connectivity index (χ1n) is 6.27. The molecule has 0 saturated heterocycles. The second-order valence-corrected chi connectivity index (χ2v) is 5.42. The Balaban J connectivity index is 1.69. The zero-order valence-corrected chi connectivity index (χ0v) is 11.8. The summed E-state index contributed by atoms with van der Waals surface area (Å²) in [7, 11) is 0. The third-order valence-corrected chi connectivity index (χ3v) is 3.79. The topological polar surface area (TPSA) is 48.1 Å². The minimum Gasteiger partial charge on any atom is -0.494 e. The summed E-state index contributed by atoms with van der Waals surface area (Å²) in [6.45, 7) is 2.79. The van der Waals surface area contributed by atoms with E-state index in [4.69, 9.17) is 10.5 Å². The van der Waals surface area contributed by atoms with Crippen LogP contribution in [0.5, 0.6) is 5.75 Å². The van der Waals surface area contributed by atoms with Crippen LogP contribution in [0.4, 0.5) is 5.69 Å². The summed E-state index contributed by atoms with van der Waals surface area (Å²) in [6.07, 6.45) is 4.44. The number of thioether (sulfide) groups is 1. The van der Waals surface area contributed by atoms with Crippen molar-refractivity contribution in [2.75, 3.05) is 18.1 Å². The van der Waals surface area contributed by atoms with Crippen LogP contribution < -0.4 is 10.5 Å². The quantitative estimate of drug-likeness (QED) is 0.646. The van der Waals surface area contributed by atoms with Crippen molar-refractivity contribution < 1.29 is 4.74 Å². The number of benzene rings is 1. The smallest absolute Gasteiger partial charge is 0.119 e. The van der Waals surface area contributed by atoms with E-state index in [-0.39, 0.29) is 0 Å². The van der Waals surface area contributed by atoms with E-state index in [0.29, 0.717) is 0 Å². The van der Waals surface area contributed by atoms with Crippen molar-refractivity contribution in [3.05, 3.63) is 48.3 Å². The lowest BCUT2D eigenvalue weighted by molar-refractivity contribution is 0.318. The number of anilines is 1. The Morgan fingerprint density at radius 3 is 3.00 bits per heavy atom. The molecule has 1 aromatic heterocycles. The van der Waals surface area contributed by atoms with Crippen LogP contribution in [0.2, 0.25) is 0 Å². The van der Waals surface area contributed by atoms with Crippen LogP contribution in [0.25, 0.3) is 0 Å². The third kappa shape index (κ3) is 4.48. The summed E-state index contributed by atoms with van der Waals surface area (Å²) in [5, 5.41) is 0. The van der Waals surface area contributed by atoms with Crippen molar-refractivity contribution >= 4 is 17.4 Å². The second kappa shape index (κ2) is 7.04. The molecule has 0 spiro atoms. The first-order valence-corrected chi connectivity index (χ1v) is 7.26. The normalized spacial score (nSPS) is 10.4. The maximum atomic E-state index is 5.83. The summed E-state index contributed by atoms with van der Waals surface area (Å²) >= 11 is 1.74. The average Bonchev–Trinajstić information content (AvgIpc) is 2.40. The van der Waals surface area contributed by atoms with E-state index in [1.54, 1.807) is 24.2 Å². The lowest BCUT2D eigenvalue weighted by Crippen LogP contribution is -1.99. The summed E-state index contributed by atoms with van der Waals surface area (Å²) in [6, 6.07) is 10.1. The molecule has 0 aliphatic rings. The molecule has 100 valence electrons. The maximum absolute atomic E-state index is 5.83. The molecule has 3 nitrogen and oxygen atoms in total. The van der Waals surface area contributed by atoms with Crippen LogP contribution in [-0.4, -0.2) is 17.3 Å². The number of pyridine rings is 1. The first kappa shape index (κ1) is 13.7. The number of aromatic nitrogens is 1. The molecule has 0 aliphatic carbocycles. The molecule has 2 aromatic rings. The van der Waals surface area contributed by atoms with Crippen molar-refractivity contribution in [1.82, 2.24) is 4.98 Å². The molecule has 2 N–H and O–H groups in total. The number of rotatable bonds is 6. The van der Waals surface area contributed by atoms with E-state index >= 15 is 0 Å². The predicted molar refractivity (Wildman–Crippen MR) is 80.7 cm³/mol. The van der Waals surface area contributed by atoms with Crippen molar-refractivity contribution in [1.29, 1.82) is 0 Å². The number of hydrogen-bond donors (Lipinski definition) is 1. The SMILES string of the molecule is Cc1cccc(OCCCSc2ccncc2N)c1. The molecule has 1 aromatic carbocycles. The summed E-state index contributed by atoms with van der Waals surface area (Å²) in [5.41, 5.74) is 7.79. The summed E-state index contributed by atoms with van der Waals surface area (Å²) < 4.78 is 5.70. The minimum absolute atomic E-state index is 0.724. The Bertz CT molecular complexity index is 531. The fourth-order valence-corrected chi connectivity index (χ4v) is 2.52. The third-order valence-electron chi connectivity index (χ3n) is 2.61. The Labute approximate surface area is 118 Å². The van der Waals surface area contributed by atoms with Crippen LogP contribution >= 0.6 is 11.8 Å². The number of nitrogens with zero attached hydrogens (tertiary/aromatic N) is 1. The first-order chi connectivity index (χ1) is 9.25. The Morgan fingerprint density at radius 1 is 1.32 bits per heavy atom. The zero-order valence-electron chi connectivity index (χ0n) is 11.0. The van der Waals surface area contributed by atoms with Gasteiger partial charge in [-0.2, -0.15) is 0 Å². The zero-order chi connectivity index (χ0) is 13.5. The minimum atomic E-state index is 0.724. The molecular formula is C15H18N2OS. The van der Waals surface area contributed by atoms with Gasteiger partial charge in [0.15, 0.2) is 0 Å². The fourth-order valence-electron chi connectivity index (χ4n) is 1.66. The Morgan fingerprint density at radius 2 is 2.21 bits per heavy atom. The van der Waals surface area contributed by atoms with Gasteiger partial charge in [-0.15, -0.1) is 11.8 Å². The molecule has 0 saturated carbocycles. The van der Waals surface area contributed by atoms with Gasteiger partial charge < -0.3 is 10.5 Å². The lowest BCUT2D eigenvalue weighted by Gasteiger charge is -2.07. The highest BCUT2D eigenvalue weighted by Crippen LogP contribution is 2.24. The van der Waals surface area contributed by atoms with Crippen molar-refractivity contribution in [3.8, 4) is 5.75 Å². The van der Waals surface area contributed by atoms with Crippen LogP contribution in [0.1, 0.15) is 12.0 Å². The van der Waals surface area contributed by atoms with Gasteiger partial charge in [-0.05, 0) is 37.1 Å². The number of hydrogen-bond acceptors (Lipinski definition) is 4. The monoisotopic (exact) mass is 274 g/mol. The highest BCUT2D eigenvalue weighted by molar-refractivity contribution is 7.99. The van der Waals surface area contributed by atoms with E-state index < -0.39 is 0 Å². The highest BCUT2D eigenvalue weighted by atomic mass is 32.2. The van der Waals surface area contributed by atoms with E-state index in [1.807, 2.05) is 24.3 Å². The molecule has 4 heteroatoms. The van der Waals surface area contributed by atoms with Crippen molar-refractivity contribution in [2.24, 2.45) is 0 Å². The van der Waals surface area contributed by atoms with Gasteiger partial charge in [0, 0.05) is 16.8 Å². The molecule has 0 amide bonds. The maximum Gasteiger partial charge on any atom is 0.119 e. The van der Waals surface area contributed by atoms with Crippen LogP contribution in [0, 0.1) is 6.92 Å². The largest absolute Gasteiger partial charge is 0.494 e. The predicted octanol–water partition coefficient (Wildman–Crippen LogP) is 3.53. The molecule has 0 aliphatic heterocycles. The number of ether oxygens (including phenoxy) is 1. The van der Waals surface area contributed by atoms with Gasteiger partial charge in [-0.25, -0.2) is 0 Å². The molecule has 2 rings (SSSR count). The van der Waals surface area contributed by atoms with Gasteiger partial charge in [-0.1, -0.05) is 12.1 Å². The standard InChI is InChI=1S/C15H18N2OS/c1-12-4-2-5-13(10-12)18-8-3-9-19-15-6-7-17-11-14(15)16/h2,4-7,10-11H,3,8-9,16H2,1H3. The van der Waals surface area contributed by atoms with Crippen LogP contribution in [0.15, 0.2) is 47.6 Å². The number of nitrogens with two attached hydrogens (primary N) is 1. The lowest BCUT2D eigenvalue weighted by atomic mass is 10.2. The fraction of sp³-hybridized carbons (Fsp3) is 0.267. The summed E-state index contributed by atoms with van der Waals surface area (Å²) in [5.74, 6) is 1.92. The van der Waals surface area contributed by atoms with Crippen molar-refractivity contribution in [2.45, 2.75) is 18.2 Å². The molecular weight excluding hydrogens is 256 g/mol. The van der Waals surface area contributed by atoms with Gasteiger partial charge in [0.2, 0.25) is 0 Å². The molecule has 0 atom stereocenters. The Kier molecular flexibility index (Phi) is 5.10. The number of nitrogen functional groups attached to an aromatic ring is 1. The molecule has 19 heavy (non-hydrogen) atoms. The molecule has 0 unspecified atom stereocenters. The van der Waals surface area contributed by atoms with Gasteiger partial charge in [0.05, 0.1) is 18.5 Å². The molecule has 1 heterocycles. The van der Waals surface area contributed by atoms with Gasteiger partial charge in [0.25, 0.3) is 0 Å². The van der Waals surface area contributed by atoms with Gasteiger partial charge in [-0.3, -0.25) is 4.98 Å². The number of aryl methyl sites for hydroxylation is 1. The van der Waals surface area contributed by atoms with Crippen LogP contribution in [0.3, 0.4) is 0 Å². The Hall–Kier alpha value is -1.68. The van der Waals surface area contributed by atoms with Gasteiger partial charge >= 0.3 is 0 Å². The van der Waals surface area contributed by atoms with Crippen molar-refractivity contribution in [3.63, 3.8) is 0 Å². The van der Waals surface area contributed by atoms with E-state index in [0.717, 1.165) is 35.1 Å². The molecule has 0 radical (unpaired) electrons. The van der Waals surface area contributed by atoms with E-state index in [2.05, 4.69) is 18.0 Å². The van der Waals surface area contributed by atoms with E-state index in [9.17, 15) is 0 Å². The van der Waals surface area contributed by atoms with E-state index in [1.165, 1.54) is 5.56 Å². The summed E-state index contributed by atoms with van der Waals surface area (Å²) in [4.78, 5) is 5.06.